The van der Waals surface area contributed by atoms with Gasteiger partial charge in [-0.3, -0.25) is 14.6 Å². The summed E-state index contributed by atoms with van der Waals surface area (Å²) in [6, 6.07) is 19.7. The van der Waals surface area contributed by atoms with Crippen molar-refractivity contribution in [2.75, 3.05) is 19.6 Å². The molecule has 0 atom stereocenters. The first-order valence-electron chi connectivity index (χ1n) is 17.1. The Morgan fingerprint density at radius 1 is 0.922 bits per heavy atom. The molecule has 3 heterocycles. The highest BCUT2D eigenvalue weighted by atomic mass is 19.4. The molecular formula is C40H39F5N4O2. The van der Waals surface area contributed by atoms with Crippen LogP contribution >= 0.6 is 0 Å². The van der Waals surface area contributed by atoms with E-state index < -0.39 is 23.4 Å². The maximum absolute atomic E-state index is 14.6. The van der Waals surface area contributed by atoms with Crippen molar-refractivity contribution in [2.24, 2.45) is 0 Å². The number of alkyl halides is 3. The van der Waals surface area contributed by atoms with Crippen molar-refractivity contribution in [1.82, 2.24) is 19.4 Å². The van der Waals surface area contributed by atoms with Crippen LogP contribution in [0.2, 0.25) is 0 Å². The number of hydrogen-bond donors (Lipinski definition) is 0. The Kier molecular flexibility index (Phi) is 10.7. The van der Waals surface area contributed by atoms with Crippen LogP contribution in [0.15, 0.2) is 89.9 Å². The zero-order chi connectivity index (χ0) is 36.3. The third-order valence-electron chi connectivity index (χ3n) is 9.77. The van der Waals surface area contributed by atoms with Crippen LogP contribution in [0.5, 0.6) is 0 Å². The van der Waals surface area contributed by atoms with E-state index in [-0.39, 0.29) is 47.8 Å². The molecule has 0 aliphatic carbocycles. The summed E-state index contributed by atoms with van der Waals surface area (Å²) in [6.45, 7) is 6.76. The van der Waals surface area contributed by atoms with Gasteiger partial charge in [-0.05, 0) is 91.2 Å². The summed E-state index contributed by atoms with van der Waals surface area (Å²) in [6.07, 6.45) is -0.955. The zero-order valence-electron chi connectivity index (χ0n) is 28.5. The molecule has 0 N–H and O–H groups in total. The van der Waals surface area contributed by atoms with Crippen LogP contribution in [0, 0.1) is 18.6 Å². The van der Waals surface area contributed by atoms with Crippen molar-refractivity contribution in [2.45, 2.75) is 64.8 Å². The van der Waals surface area contributed by atoms with E-state index in [0.717, 1.165) is 67.4 Å². The molecule has 3 aromatic carbocycles. The Bertz CT molecular complexity index is 2070. The number of halogens is 5. The van der Waals surface area contributed by atoms with Gasteiger partial charge in [-0.15, -0.1) is 0 Å². The molecule has 1 aliphatic heterocycles. The van der Waals surface area contributed by atoms with Crippen LogP contribution < -0.4 is 5.43 Å². The van der Waals surface area contributed by atoms with Gasteiger partial charge in [0, 0.05) is 43.6 Å². The third-order valence-corrected chi connectivity index (χ3v) is 9.77. The first-order valence-corrected chi connectivity index (χ1v) is 17.1. The molecule has 5 aromatic rings. The normalized spacial score (nSPS) is 14.3. The number of likely N-dealkylation sites (tertiary alicyclic amines) is 1. The van der Waals surface area contributed by atoms with E-state index in [9.17, 15) is 31.5 Å². The summed E-state index contributed by atoms with van der Waals surface area (Å²) in [5.74, 6) is -2.05. The summed E-state index contributed by atoms with van der Waals surface area (Å²) >= 11 is 0. The number of fused-ring (bicyclic) bond motifs is 1. The van der Waals surface area contributed by atoms with Crippen LogP contribution in [0.25, 0.3) is 22.2 Å². The van der Waals surface area contributed by atoms with Crippen molar-refractivity contribution >= 4 is 16.9 Å². The predicted molar refractivity (Wildman–Crippen MR) is 187 cm³/mol. The molecule has 0 bridgehead atoms. The molecule has 11 heteroatoms. The molecule has 51 heavy (non-hydrogen) atoms. The number of aryl methyl sites for hydroxylation is 3. The molecular weight excluding hydrogens is 663 g/mol. The first kappa shape index (κ1) is 35.9. The van der Waals surface area contributed by atoms with Gasteiger partial charge >= 0.3 is 6.18 Å². The average molecular weight is 703 g/mol. The number of carbonyl (C=O) groups excluding carboxylic acids is 1. The number of pyridine rings is 2. The van der Waals surface area contributed by atoms with E-state index in [1.165, 1.54) is 30.3 Å². The van der Waals surface area contributed by atoms with E-state index >= 15 is 0 Å². The standard InChI is InChI=1S/C40H39F5N4O2/c1-3-47-19-17-32(18-20-47)49(24-27-7-9-28(10-8-27)29-11-14-31(15-12-29)40(43,44)45)37(51)25-48-33(16-13-30-5-4-6-34(41)38(30)42)22-36(50)39-35(48)21-26(2)23-46-39/h4-12,14-15,21-23,32H,3,13,16-20,24-25H2,1-2H3. The fourth-order valence-electron chi connectivity index (χ4n) is 6.85. The second kappa shape index (κ2) is 15.1. The van der Waals surface area contributed by atoms with E-state index in [1.807, 2.05) is 42.2 Å². The lowest BCUT2D eigenvalue weighted by molar-refractivity contribution is -0.137. The van der Waals surface area contributed by atoms with Gasteiger partial charge in [-0.1, -0.05) is 55.5 Å². The molecule has 1 saturated heterocycles. The van der Waals surface area contributed by atoms with E-state index in [1.54, 1.807) is 10.8 Å². The SMILES string of the molecule is CCN1CCC(N(Cc2ccc(-c3ccc(C(F)(F)F)cc3)cc2)C(=O)Cn2c(CCc3cccc(F)c3F)cc(=O)c3ncc(C)cc32)CC1. The monoisotopic (exact) mass is 702 g/mol. The minimum Gasteiger partial charge on any atom is -0.334 e. The molecule has 6 nitrogen and oxygen atoms in total. The number of carbonyl (C=O) groups is 1. The zero-order valence-corrected chi connectivity index (χ0v) is 28.5. The minimum atomic E-state index is -4.41. The molecule has 0 saturated carbocycles. The lowest BCUT2D eigenvalue weighted by Gasteiger charge is -2.38. The molecule has 266 valence electrons. The van der Waals surface area contributed by atoms with Gasteiger partial charge in [0.05, 0.1) is 11.1 Å². The number of hydrogen-bond acceptors (Lipinski definition) is 4. The Morgan fingerprint density at radius 2 is 1.59 bits per heavy atom. The van der Waals surface area contributed by atoms with Crippen LogP contribution in [0.4, 0.5) is 22.0 Å². The summed E-state index contributed by atoms with van der Waals surface area (Å²) < 4.78 is 69.6. The quantitative estimate of drug-likeness (QED) is 0.139. The van der Waals surface area contributed by atoms with Gasteiger partial charge in [-0.2, -0.15) is 13.2 Å². The van der Waals surface area contributed by atoms with Gasteiger partial charge < -0.3 is 14.4 Å². The fourth-order valence-corrected chi connectivity index (χ4v) is 6.85. The summed E-state index contributed by atoms with van der Waals surface area (Å²) in [7, 11) is 0. The maximum Gasteiger partial charge on any atom is 0.416 e. The number of amides is 1. The Balaban J connectivity index is 1.31. The van der Waals surface area contributed by atoms with Crippen molar-refractivity contribution in [3.8, 4) is 11.1 Å². The molecule has 0 spiro atoms. The van der Waals surface area contributed by atoms with E-state index in [4.69, 9.17) is 0 Å². The highest BCUT2D eigenvalue weighted by Gasteiger charge is 2.31. The van der Waals surface area contributed by atoms with Gasteiger partial charge in [0.15, 0.2) is 11.6 Å². The lowest BCUT2D eigenvalue weighted by atomic mass is 10.00. The second-order valence-corrected chi connectivity index (χ2v) is 13.1. The molecule has 2 aromatic heterocycles. The maximum atomic E-state index is 14.6. The smallest absolute Gasteiger partial charge is 0.334 e. The van der Waals surface area contributed by atoms with Crippen LogP contribution in [0.3, 0.4) is 0 Å². The molecule has 0 radical (unpaired) electrons. The molecule has 1 fully saturated rings. The number of aromatic nitrogens is 2. The highest BCUT2D eigenvalue weighted by molar-refractivity contribution is 5.81. The van der Waals surface area contributed by atoms with Crippen LogP contribution in [-0.4, -0.2) is 50.9 Å². The van der Waals surface area contributed by atoms with Crippen molar-refractivity contribution in [3.63, 3.8) is 0 Å². The molecule has 1 amide bonds. The number of benzene rings is 3. The van der Waals surface area contributed by atoms with Crippen LogP contribution in [-0.2, 0) is 36.9 Å². The van der Waals surface area contributed by atoms with E-state index in [0.29, 0.717) is 23.3 Å². The molecule has 0 unspecified atom stereocenters. The van der Waals surface area contributed by atoms with Crippen molar-refractivity contribution in [1.29, 1.82) is 0 Å². The summed E-state index contributed by atoms with van der Waals surface area (Å²) in [4.78, 5) is 36.3. The van der Waals surface area contributed by atoms with Crippen molar-refractivity contribution < 1.29 is 26.7 Å². The average Bonchev–Trinajstić information content (AvgIpc) is 3.12. The highest BCUT2D eigenvalue weighted by Crippen LogP contribution is 2.31. The predicted octanol–water partition coefficient (Wildman–Crippen LogP) is 7.97. The van der Waals surface area contributed by atoms with Gasteiger partial charge in [-0.25, -0.2) is 8.78 Å². The minimum absolute atomic E-state index is 0.0507. The van der Waals surface area contributed by atoms with Crippen molar-refractivity contribution in [3.05, 3.63) is 135 Å². The van der Waals surface area contributed by atoms with Gasteiger partial charge in [0.1, 0.15) is 12.1 Å². The van der Waals surface area contributed by atoms with Crippen LogP contribution in [0.1, 0.15) is 47.7 Å². The Morgan fingerprint density at radius 3 is 2.24 bits per heavy atom. The molecule has 1 aliphatic rings. The van der Waals surface area contributed by atoms with Gasteiger partial charge in [0.25, 0.3) is 0 Å². The summed E-state index contributed by atoms with van der Waals surface area (Å²) in [5.41, 5.74) is 3.43. The Hall–Kier alpha value is -4.90. The summed E-state index contributed by atoms with van der Waals surface area (Å²) in [5, 5.41) is 0. The number of rotatable bonds is 10. The second-order valence-electron chi connectivity index (χ2n) is 13.1. The number of piperidine rings is 1. The van der Waals surface area contributed by atoms with Gasteiger partial charge in [0.2, 0.25) is 11.3 Å². The molecule has 6 rings (SSSR count). The largest absolute Gasteiger partial charge is 0.416 e. The topological polar surface area (TPSA) is 58.4 Å². The van der Waals surface area contributed by atoms with E-state index in [2.05, 4.69) is 16.8 Å². The third kappa shape index (κ3) is 8.20. The Labute approximate surface area is 293 Å². The number of nitrogens with zero attached hydrogens (tertiary/aromatic N) is 4. The fraction of sp³-hybridized carbons (Fsp3) is 0.325. The lowest BCUT2D eigenvalue weighted by Crippen LogP contribution is -2.48. The first-order chi connectivity index (χ1) is 24.4.